The first-order valence-corrected chi connectivity index (χ1v) is 6.37. The van der Waals surface area contributed by atoms with Crippen LogP contribution in [0.15, 0.2) is 53.0 Å². The molecule has 0 amide bonds. The predicted octanol–water partition coefficient (Wildman–Crippen LogP) is 3.99. The van der Waals surface area contributed by atoms with Crippen LogP contribution in [0.3, 0.4) is 0 Å². The van der Waals surface area contributed by atoms with Gasteiger partial charge in [0.15, 0.2) is 0 Å². The zero-order valence-corrected chi connectivity index (χ0v) is 10.8. The Hall–Kier alpha value is -1.48. The molecule has 1 atom stereocenters. The highest BCUT2D eigenvalue weighted by atomic mass is 79.9. The molecule has 2 nitrogen and oxygen atoms in total. The van der Waals surface area contributed by atoms with Gasteiger partial charge in [-0.05, 0) is 29.8 Å². The third-order valence-electron chi connectivity index (χ3n) is 2.85. The van der Waals surface area contributed by atoms with Crippen LogP contribution in [-0.4, -0.2) is 6.54 Å². The number of ether oxygens (including phenoxy) is 1. The second kappa shape index (κ2) is 4.41. The standard InChI is InChI=1S/C14H12BrNO/c15-11-5-3-4-10(8-11)14-9-16-12-6-1-2-7-13(12)17-14/h1-8,14,16H,9H2. The summed E-state index contributed by atoms with van der Waals surface area (Å²) in [5.74, 6) is 0.920. The first-order chi connectivity index (χ1) is 8.33. The van der Waals surface area contributed by atoms with Crippen molar-refractivity contribution in [1.82, 2.24) is 0 Å². The maximum absolute atomic E-state index is 5.99. The number of benzene rings is 2. The largest absolute Gasteiger partial charge is 0.482 e. The number of anilines is 1. The minimum atomic E-state index is 0.0717. The van der Waals surface area contributed by atoms with E-state index >= 15 is 0 Å². The summed E-state index contributed by atoms with van der Waals surface area (Å²) in [6, 6.07) is 16.3. The monoisotopic (exact) mass is 289 g/mol. The molecule has 0 radical (unpaired) electrons. The Morgan fingerprint density at radius 2 is 2.00 bits per heavy atom. The summed E-state index contributed by atoms with van der Waals surface area (Å²) < 4.78 is 7.07. The maximum atomic E-state index is 5.99. The fraction of sp³-hybridized carbons (Fsp3) is 0.143. The number of nitrogens with one attached hydrogen (secondary N) is 1. The highest BCUT2D eigenvalue weighted by Crippen LogP contribution is 2.34. The molecule has 1 N–H and O–H groups in total. The molecule has 2 aromatic carbocycles. The van der Waals surface area contributed by atoms with E-state index in [1.165, 1.54) is 5.56 Å². The Bertz CT molecular complexity index is 541. The van der Waals surface area contributed by atoms with E-state index in [2.05, 4.69) is 33.4 Å². The van der Waals surface area contributed by atoms with Crippen LogP contribution in [0.5, 0.6) is 5.75 Å². The third-order valence-corrected chi connectivity index (χ3v) is 3.35. The van der Waals surface area contributed by atoms with Gasteiger partial charge < -0.3 is 10.1 Å². The van der Waals surface area contributed by atoms with Crippen LogP contribution < -0.4 is 10.1 Å². The van der Waals surface area contributed by atoms with E-state index < -0.39 is 0 Å². The van der Waals surface area contributed by atoms with Gasteiger partial charge in [0.1, 0.15) is 11.9 Å². The number of para-hydroxylation sites is 2. The molecule has 17 heavy (non-hydrogen) atoms. The van der Waals surface area contributed by atoms with Gasteiger partial charge in [-0.1, -0.05) is 40.2 Å². The van der Waals surface area contributed by atoms with Crippen LogP contribution in [0, 0.1) is 0 Å². The minimum absolute atomic E-state index is 0.0717. The van der Waals surface area contributed by atoms with Crippen LogP contribution in [0.2, 0.25) is 0 Å². The quantitative estimate of drug-likeness (QED) is 0.857. The van der Waals surface area contributed by atoms with E-state index in [-0.39, 0.29) is 6.10 Å². The van der Waals surface area contributed by atoms with Crippen molar-refractivity contribution in [2.45, 2.75) is 6.10 Å². The van der Waals surface area contributed by atoms with Gasteiger partial charge in [0.05, 0.1) is 12.2 Å². The summed E-state index contributed by atoms with van der Waals surface area (Å²) in [5, 5.41) is 3.39. The molecule has 2 aromatic rings. The molecular weight excluding hydrogens is 278 g/mol. The molecule has 0 saturated carbocycles. The highest BCUT2D eigenvalue weighted by molar-refractivity contribution is 9.10. The van der Waals surface area contributed by atoms with Crippen LogP contribution in [-0.2, 0) is 0 Å². The van der Waals surface area contributed by atoms with Crippen molar-refractivity contribution in [2.75, 3.05) is 11.9 Å². The minimum Gasteiger partial charge on any atom is -0.482 e. The van der Waals surface area contributed by atoms with E-state index in [4.69, 9.17) is 4.74 Å². The van der Waals surface area contributed by atoms with Crippen LogP contribution >= 0.6 is 15.9 Å². The Kier molecular flexibility index (Phi) is 2.77. The number of rotatable bonds is 1. The molecule has 0 spiro atoms. The van der Waals surface area contributed by atoms with E-state index in [0.717, 1.165) is 22.5 Å². The Labute approximate surface area is 109 Å². The molecule has 1 heterocycles. The predicted molar refractivity (Wildman–Crippen MR) is 72.4 cm³/mol. The van der Waals surface area contributed by atoms with Crippen molar-refractivity contribution in [1.29, 1.82) is 0 Å². The maximum Gasteiger partial charge on any atom is 0.143 e. The molecule has 1 aliphatic rings. The second-order valence-corrected chi connectivity index (χ2v) is 4.95. The summed E-state index contributed by atoms with van der Waals surface area (Å²) >= 11 is 3.48. The van der Waals surface area contributed by atoms with E-state index in [9.17, 15) is 0 Å². The first-order valence-electron chi connectivity index (χ1n) is 5.58. The summed E-state index contributed by atoms with van der Waals surface area (Å²) in [5.41, 5.74) is 2.25. The zero-order chi connectivity index (χ0) is 11.7. The average Bonchev–Trinajstić information content (AvgIpc) is 2.38. The van der Waals surface area contributed by atoms with Crippen molar-refractivity contribution in [3.8, 4) is 5.75 Å². The van der Waals surface area contributed by atoms with Crippen molar-refractivity contribution in [3.05, 3.63) is 58.6 Å². The zero-order valence-electron chi connectivity index (χ0n) is 9.19. The lowest BCUT2D eigenvalue weighted by atomic mass is 10.1. The molecule has 0 bridgehead atoms. The lowest BCUT2D eigenvalue weighted by Crippen LogP contribution is -2.23. The van der Waals surface area contributed by atoms with Crippen LogP contribution in [0.25, 0.3) is 0 Å². The molecule has 3 heteroatoms. The first kappa shape index (κ1) is 10.7. The van der Waals surface area contributed by atoms with Crippen molar-refractivity contribution in [2.24, 2.45) is 0 Å². The molecule has 0 fully saturated rings. The number of hydrogen-bond acceptors (Lipinski definition) is 2. The fourth-order valence-electron chi connectivity index (χ4n) is 2.01. The average molecular weight is 290 g/mol. The molecule has 3 rings (SSSR count). The summed E-state index contributed by atoms with van der Waals surface area (Å²) in [4.78, 5) is 0. The molecule has 0 aliphatic carbocycles. The van der Waals surface area contributed by atoms with Gasteiger partial charge in [-0.25, -0.2) is 0 Å². The molecule has 1 aliphatic heterocycles. The fourth-order valence-corrected chi connectivity index (χ4v) is 2.42. The smallest absolute Gasteiger partial charge is 0.143 e. The van der Waals surface area contributed by atoms with E-state index in [1.54, 1.807) is 0 Å². The van der Waals surface area contributed by atoms with Gasteiger partial charge in [-0.2, -0.15) is 0 Å². The van der Waals surface area contributed by atoms with Crippen molar-refractivity contribution in [3.63, 3.8) is 0 Å². The molecule has 0 saturated heterocycles. The van der Waals surface area contributed by atoms with E-state index in [0.29, 0.717) is 0 Å². The summed E-state index contributed by atoms with van der Waals surface area (Å²) in [7, 11) is 0. The van der Waals surface area contributed by atoms with Crippen molar-refractivity contribution >= 4 is 21.6 Å². The normalized spacial score (nSPS) is 17.8. The number of fused-ring (bicyclic) bond motifs is 1. The van der Waals surface area contributed by atoms with Gasteiger partial charge in [0.2, 0.25) is 0 Å². The van der Waals surface area contributed by atoms with Gasteiger partial charge in [0.25, 0.3) is 0 Å². The topological polar surface area (TPSA) is 21.3 Å². The van der Waals surface area contributed by atoms with E-state index in [1.807, 2.05) is 36.4 Å². The second-order valence-electron chi connectivity index (χ2n) is 4.04. The lowest BCUT2D eigenvalue weighted by Gasteiger charge is -2.27. The van der Waals surface area contributed by atoms with Gasteiger partial charge in [-0.15, -0.1) is 0 Å². The van der Waals surface area contributed by atoms with Gasteiger partial charge in [-0.3, -0.25) is 0 Å². The molecule has 0 aromatic heterocycles. The highest BCUT2D eigenvalue weighted by Gasteiger charge is 2.20. The molecular formula is C14H12BrNO. The van der Waals surface area contributed by atoms with Crippen LogP contribution in [0.1, 0.15) is 11.7 Å². The Balaban J connectivity index is 1.89. The SMILES string of the molecule is Brc1cccc(C2CNc3ccccc3O2)c1. The lowest BCUT2D eigenvalue weighted by molar-refractivity contribution is 0.210. The van der Waals surface area contributed by atoms with Gasteiger partial charge in [0, 0.05) is 4.47 Å². The van der Waals surface area contributed by atoms with Crippen LogP contribution in [0.4, 0.5) is 5.69 Å². The molecule has 1 unspecified atom stereocenters. The summed E-state index contributed by atoms with van der Waals surface area (Å²) in [6.07, 6.45) is 0.0717. The van der Waals surface area contributed by atoms with Gasteiger partial charge >= 0.3 is 0 Å². The number of halogens is 1. The Morgan fingerprint density at radius 3 is 2.88 bits per heavy atom. The van der Waals surface area contributed by atoms with Crippen molar-refractivity contribution < 1.29 is 4.74 Å². The summed E-state index contributed by atoms with van der Waals surface area (Å²) in [6.45, 7) is 0.799. The third kappa shape index (κ3) is 2.15. The molecule has 86 valence electrons. The number of hydrogen-bond donors (Lipinski definition) is 1. The Morgan fingerprint density at radius 1 is 1.12 bits per heavy atom.